The van der Waals surface area contributed by atoms with Crippen molar-refractivity contribution in [1.82, 2.24) is 4.90 Å². The third-order valence-corrected chi connectivity index (χ3v) is 3.93. The minimum atomic E-state index is 0.161. The van der Waals surface area contributed by atoms with Crippen LogP contribution in [0.5, 0.6) is 0 Å². The summed E-state index contributed by atoms with van der Waals surface area (Å²) in [7, 11) is 0. The predicted molar refractivity (Wildman–Crippen MR) is 80.4 cm³/mol. The Morgan fingerprint density at radius 2 is 2.05 bits per heavy atom. The first-order valence-corrected chi connectivity index (χ1v) is 7.30. The van der Waals surface area contributed by atoms with E-state index >= 15 is 0 Å². The molecule has 0 amide bonds. The number of para-hydroxylation sites is 1. The van der Waals surface area contributed by atoms with Crippen LogP contribution in [-0.2, 0) is 0 Å². The van der Waals surface area contributed by atoms with E-state index in [0.29, 0.717) is 17.9 Å². The fourth-order valence-corrected chi connectivity index (χ4v) is 3.03. The number of fused-ring (bicyclic) bond motifs is 1. The molecule has 1 aromatic carbocycles. The monoisotopic (exact) mass is 262 g/mol. The summed E-state index contributed by atoms with van der Waals surface area (Å²) < 4.78 is 0. The Hall–Kier alpha value is -1.06. The molecule has 3 heteroatoms. The van der Waals surface area contributed by atoms with Crippen molar-refractivity contribution in [2.75, 3.05) is 25.1 Å². The first-order chi connectivity index (χ1) is 9.11. The fourth-order valence-electron chi connectivity index (χ4n) is 3.03. The number of hydrogen-bond donors (Lipinski definition) is 2. The number of aliphatic hydroxyl groups excluding tert-OH is 1. The van der Waals surface area contributed by atoms with Crippen molar-refractivity contribution in [1.29, 1.82) is 0 Å². The summed E-state index contributed by atoms with van der Waals surface area (Å²) in [6, 6.07) is 9.06. The maximum atomic E-state index is 9.42. The highest BCUT2D eigenvalue weighted by molar-refractivity contribution is 5.58. The Morgan fingerprint density at radius 1 is 1.32 bits per heavy atom. The zero-order valence-corrected chi connectivity index (χ0v) is 12.3. The van der Waals surface area contributed by atoms with Crippen molar-refractivity contribution in [2.45, 2.75) is 39.2 Å². The number of anilines is 1. The zero-order chi connectivity index (χ0) is 13.8. The fraction of sp³-hybridized carbons (Fsp3) is 0.625. The average molecular weight is 262 g/mol. The van der Waals surface area contributed by atoms with E-state index in [-0.39, 0.29) is 6.73 Å². The maximum absolute atomic E-state index is 9.42. The first kappa shape index (κ1) is 14.4. The SMILES string of the molecule is CC(C)CN(CO)CCC1c2ccccc2NC1C. The smallest absolute Gasteiger partial charge is 0.0956 e. The topological polar surface area (TPSA) is 35.5 Å². The first-order valence-electron chi connectivity index (χ1n) is 7.30. The highest BCUT2D eigenvalue weighted by Crippen LogP contribution is 2.37. The number of rotatable bonds is 6. The molecule has 19 heavy (non-hydrogen) atoms. The Bertz CT molecular complexity index is 405. The molecule has 0 saturated carbocycles. The van der Waals surface area contributed by atoms with E-state index in [0.717, 1.165) is 19.5 Å². The van der Waals surface area contributed by atoms with Crippen molar-refractivity contribution >= 4 is 5.69 Å². The van der Waals surface area contributed by atoms with Crippen LogP contribution in [0.3, 0.4) is 0 Å². The molecule has 0 radical (unpaired) electrons. The van der Waals surface area contributed by atoms with Gasteiger partial charge in [-0.2, -0.15) is 0 Å². The molecule has 2 N–H and O–H groups in total. The molecule has 1 aliphatic heterocycles. The molecular formula is C16H26N2O. The molecule has 0 fully saturated rings. The molecule has 3 nitrogen and oxygen atoms in total. The molecule has 2 atom stereocenters. The highest BCUT2D eigenvalue weighted by Gasteiger charge is 2.28. The standard InChI is InChI=1S/C16H26N2O/c1-12(2)10-18(11-19)9-8-14-13(3)17-16-7-5-4-6-15(14)16/h4-7,12-14,17,19H,8-11H2,1-3H3. The molecule has 1 heterocycles. The summed E-state index contributed by atoms with van der Waals surface area (Å²) in [5.74, 6) is 1.15. The maximum Gasteiger partial charge on any atom is 0.0956 e. The van der Waals surface area contributed by atoms with Gasteiger partial charge in [0.25, 0.3) is 0 Å². The molecule has 1 aliphatic rings. The number of hydrogen-bond acceptors (Lipinski definition) is 3. The van der Waals surface area contributed by atoms with Gasteiger partial charge in [0.05, 0.1) is 6.73 Å². The Balaban J connectivity index is 1.96. The van der Waals surface area contributed by atoms with Gasteiger partial charge in [0.15, 0.2) is 0 Å². The van der Waals surface area contributed by atoms with Gasteiger partial charge in [-0.25, -0.2) is 0 Å². The van der Waals surface area contributed by atoms with Crippen LogP contribution in [0.4, 0.5) is 5.69 Å². The lowest BCUT2D eigenvalue weighted by molar-refractivity contribution is 0.0927. The molecule has 0 spiro atoms. The van der Waals surface area contributed by atoms with Crippen LogP contribution in [-0.4, -0.2) is 35.9 Å². The van der Waals surface area contributed by atoms with E-state index in [2.05, 4.69) is 55.3 Å². The molecule has 0 bridgehead atoms. The number of benzene rings is 1. The summed E-state index contributed by atoms with van der Waals surface area (Å²) >= 11 is 0. The van der Waals surface area contributed by atoms with E-state index in [9.17, 15) is 5.11 Å². The highest BCUT2D eigenvalue weighted by atomic mass is 16.3. The Kier molecular flexibility index (Phi) is 4.83. The molecular weight excluding hydrogens is 236 g/mol. The summed E-state index contributed by atoms with van der Waals surface area (Å²) in [5.41, 5.74) is 2.71. The lowest BCUT2D eigenvalue weighted by atomic mass is 9.92. The quantitative estimate of drug-likeness (QED) is 0.774. The minimum Gasteiger partial charge on any atom is -0.382 e. The Labute approximate surface area is 116 Å². The third kappa shape index (κ3) is 3.48. The van der Waals surface area contributed by atoms with Crippen LogP contribution in [0, 0.1) is 5.92 Å². The second-order valence-corrected chi connectivity index (χ2v) is 6.03. The van der Waals surface area contributed by atoms with E-state index in [1.54, 1.807) is 0 Å². The molecule has 0 saturated heterocycles. The normalized spacial score (nSPS) is 21.8. The molecule has 0 aliphatic carbocycles. The van der Waals surface area contributed by atoms with Crippen LogP contribution in [0.1, 0.15) is 38.7 Å². The second kappa shape index (κ2) is 6.40. The molecule has 0 aromatic heterocycles. The van der Waals surface area contributed by atoms with Crippen LogP contribution < -0.4 is 5.32 Å². The van der Waals surface area contributed by atoms with Crippen molar-refractivity contribution in [3.8, 4) is 0 Å². The molecule has 1 aromatic rings. The van der Waals surface area contributed by atoms with Gasteiger partial charge in [-0.1, -0.05) is 32.0 Å². The molecule has 2 rings (SSSR count). The van der Waals surface area contributed by atoms with E-state index < -0.39 is 0 Å². The van der Waals surface area contributed by atoms with Crippen molar-refractivity contribution in [3.05, 3.63) is 29.8 Å². The molecule has 106 valence electrons. The third-order valence-electron chi connectivity index (χ3n) is 3.93. The summed E-state index contributed by atoms with van der Waals surface area (Å²) in [6.45, 7) is 8.71. The summed E-state index contributed by atoms with van der Waals surface area (Å²) in [4.78, 5) is 2.14. The van der Waals surface area contributed by atoms with Gasteiger partial charge in [-0.3, -0.25) is 4.90 Å². The summed E-state index contributed by atoms with van der Waals surface area (Å²) in [5, 5.41) is 13.0. The van der Waals surface area contributed by atoms with Gasteiger partial charge in [0, 0.05) is 30.7 Å². The van der Waals surface area contributed by atoms with Gasteiger partial charge < -0.3 is 10.4 Å². The van der Waals surface area contributed by atoms with E-state index in [1.165, 1.54) is 11.3 Å². The minimum absolute atomic E-state index is 0.161. The number of nitrogens with zero attached hydrogens (tertiary/aromatic N) is 1. The van der Waals surface area contributed by atoms with E-state index in [1.807, 2.05) is 0 Å². The van der Waals surface area contributed by atoms with Crippen molar-refractivity contribution in [2.24, 2.45) is 5.92 Å². The van der Waals surface area contributed by atoms with Gasteiger partial charge in [-0.05, 0) is 30.9 Å². The zero-order valence-electron chi connectivity index (χ0n) is 12.3. The second-order valence-electron chi connectivity index (χ2n) is 6.03. The van der Waals surface area contributed by atoms with Crippen LogP contribution in [0.15, 0.2) is 24.3 Å². The summed E-state index contributed by atoms with van der Waals surface area (Å²) in [6.07, 6.45) is 1.10. The largest absolute Gasteiger partial charge is 0.382 e. The van der Waals surface area contributed by atoms with Gasteiger partial charge >= 0.3 is 0 Å². The number of nitrogens with one attached hydrogen (secondary N) is 1. The van der Waals surface area contributed by atoms with E-state index in [4.69, 9.17) is 0 Å². The van der Waals surface area contributed by atoms with Crippen molar-refractivity contribution in [3.63, 3.8) is 0 Å². The lowest BCUT2D eigenvalue weighted by Crippen LogP contribution is -2.31. The van der Waals surface area contributed by atoms with Gasteiger partial charge in [-0.15, -0.1) is 0 Å². The number of aliphatic hydroxyl groups is 1. The van der Waals surface area contributed by atoms with Crippen LogP contribution >= 0.6 is 0 Å². The van der Waals surface area contributed by atoms with Crippen molar-refractivity contribution < 1.29 is 5.11 Å². The predicted octanol–water partition coefficient (Wildman–Crippen LogP) is 2.88. The lowest BCUT2D eigenvalue weighted by Gasteiger charge is -2.24. The van der Waals surface area contributed by atoms with Crippen LogP contribution in [0.2, 0.25) is 0 Å². The van der Waals surface area contributed by atoms with Gasteiger partial charge in [0.2, 0.25) is 0 Å². The van der Waals surface area contributed by atoms with Gasteiger partial charge in [0.1, 0.15) is 0 Å². The Morgan fingerprint density at radius 3 is 2.74 bits per heavy atom. The average Bonchev–Trinajstić information content (AvgIpc) is 2.70. The molecule has 2 unspecified atom stereocenters. The van der Waals surface area contributed by atoms with Crippen LogP contribution in [0.25, 0.3) is 0 Å².